The van der Waals surface area contributed by atoms with Gasteiger partial charge >= 0.3 is 11.9 Å². The number of ether oxygens (including phenoxy) is 3. The van der Waals surface area contributed by atoms with Crippen molar-refractivity contribution >= 4 is 17.7 Å². The molecule has 0 aromatic carbocycles. The Kier molecular flexibility index (Phi) is 8.17. The van der Waals surface area contributed by atoms with Crippen LogP contribution in [0.5, 0.6) is 11.5 Å². The van der Waals surface area contributed by atoms with Crippen molar-refractivity contribution in [1.29, 1.82) is 0 Å². The predicted molar refractivity (Wildman–Crippen MR) is 107 cm³/mol. The first-order valence-corrected chi connectivity index (χ1v) is 10.2. The molecule has 160 valence electrons. The third-order valence-electron chi connectivity index (χ3n) is 5.68. The van der Waals surface area contributed by atoms with Gasteiger partial charge in [0.25, 0.3) is 0 Å². The number of hydrogen-bond acceptors (Lipinski definition) is 7. The zero-order valence-electron chi connectivity index (χ0n) is 17.9. The Morgan fingerprint density at radius 2 is 1.83 bits per heavy atom. The Bertz CT molecular complexity index is 741. The summed E-state index contributed by atoms with van der Waals surface area (Å²) >= 11 is 0. The second kappa shape index (κ2) is 10.4. The number of carbonyl (C=O) groups excluding carboxylic acids is 3. The van der Waals surface area contributed by atoms with Crippen LogP contribution in [0.2, 0.25) is 0 Å². The molecule has 7 heteroatoms. The van der Waals surface area contributed by atoms with Crippen molar-refractivity contribution in [3.05, 3.63) is 18.0 Å². The maximum atomic E-state index is 12.7. The molecule has 0 radical (unpaired) electrons. The number of nitrogens with zero attached hydrogens (tertiary/aromatic N) is 1. The van der Waals surface area contributed by atoms with Gasteiger partial charge in [-0.2, -0.15) is 0 Å². The average molecular weight is 405 g/mol. The zero-order valence-corrected chi connectivity index (χ0v) is 17.9. The number of aromatic nitrogens is 1. The van der Waals surface area contributed by atoms with Gasteiger partial charge in [0.05, 0.1) is 13.0 Å². The Morgan fingerprint density at radius 3 is 2.41 bits per heavy atom. The first-order valence-electron chi connectivity index (χ1n) is 10.2. The minimum Gasteiger partial charge on any atom is -0.493 e. The molecule has 1 fully saturated rings. The van der Waals surface area contributed by atoms with Crippen molar-refractivity contribution in [3.63, 3.8) is 0 Å². The van der Waals surface area contributed by atoms with E-state index >= 15 is 0 Å². The lowest BCUT2D eigenvalue weighted by Gasteiger charge is -2.26. The SMILES string of the molecule is COc1ccnc(C(=O)C[C@@H](C)C(=O)O[C@@H](C)[C@@H](C)C2CCCC2)c1OC(C)=O. The molecule has 2 rings (SSSR count). The number of rotatable bonds is 9. The number of ketones is 1. The predicted octanol–water partition coefficient (Wildman–Crippen LogP) is 3.98. The number of esters is 2. The lowest BCUT2D eigenvalue weighted by atomic mass is 9.88. The summed E-state index contributed by atoms with van der Waals surface area (Å²) in [7, 11) is 1.41. The lowest BCUT2D eigenvalue weighted by molar-refractivity contribution is -0.155. The highest BCUT2D eigenvalue weighted by Crippen LogP contribution is 2.34. The van der Waals surface area contributed by atoms with Gasteiger partial charge in [-0.05, 0) is 18.8 Å². The number of Topliss-reactive ketones (excluding diaryl/α,β-unsaturated/α-hetero) is 1. The van der Waals surface area contributed by atoms with Crippen LogP contribution in [0.25, 0.3) is 0 Å². The van der Waals surface area contributed by atoms with Gasteiger partial charge in [0, 0.05) is 25.6 Å². The molecule has 0 N–H and O–H groups in total. The van der Waals surface area contributed by atoms with E-state index in [1.807, 2.05) is 6.92 Å². The molecule has 0 amide bonds. The molecule has 29 heavy (non-hydrogen) atoms. The average Bonchev–Trinajstić information content (AvgIpc) is 3.21. The summed E-state index contributed by atoms with van der Waals surface area (Å²) in [5.41, 5.74) is -0.0356. The van der Waals surface area contributed by atoms with Crippen LogP contribution in [0.1, 0.15) is 70.3 Å². The summed E-state index contributed by atoms with van der Waals surface area (Å²) in [4.78, 5) is 40.7. The fourth-order valence-electron chi connectivity index (χ4n) is 3.76. The molecule has 7 nitrogen and oxygen atoms in total. The monoisotopic (exact) mass is 405 g/mol. The molecule has 1 aromatic heterocycles. The summed E-state index contributed by atoms with van der Waals surface area (Å²) in [6.07, 6.45) is 5.92. The van der Waals surface area contributed by atoms with Crippen molar-refractivity contribution in [2.24, 2.45) is 17.8 Å². The summed E-state index contributed by atoms with van der Waals surface area (Å²) < 4.78 is 15.9. The first kappa shape index (κ1) is 22.8. The number of hydrogen-bond donors (Lipinski definition) is 0. The number of pyridine rings is 1. The maximum absolute atomic E-state index is 12.7. The van der Waals surface area contributed by atoms with Crippen LogP contribution in [0.15, 0.2) is 12.3 Å². The van der Waals surface area contributed by atoms with Crippen molar-refractivity contribution in [3.8, 4) is 11.5 Å². The van der Waals surface area contributed by atoms with E-state index in [0.717, 1.165) is 0 Å². The van der Waals surface area contributed by atoms with Crippen LogP contribution in [0.4, 0.5) is 0 Å². The minimum absolute atomic E-state index is 0.0312. The maximum Gasteiger partial charge on any atom is 0.309 e. The third kappa shape index (κ3) is 6.02. The van der Waals surface area contributed by atoms with E-state index in [1.165, 1.54) is 52.0 Å². The molecule has 0 bridgehead atoms. The van der Waals surface area contributed by atoms with E-state index in [4.69, 9.17) is 14.2 Å². The molecule has 1 aliphatic rings. The molecule has 0 unspecified atom stereocenters. The van der Waals surface area contributed by atoms with Crippen LogP contribution in [-0.4, -0.2) is 35.9 Å². The van der Waals surface area contributed by atoms with E-state index < -0.39 is 23.6 Å². The standard InChI is InChI=1S/C22H31NO6/c1-13(22(26)28-15(3)14(2)17-8-6-7-9-17)12-18(25)20-21(29-16(4)24)19(27-5)10-11-23-20/h10-11,13-15,17H,6-9,12H2,1-5H3/t13-,14-,15+/m1/s1. The Hall–Kier alpha value is -2.44. The molecule has 0 aliphatic heterocycles. The van der Waals surface area contributed by atoms with Crippen LogP contribution < -0.4 is 9.47 Å². The van der Waals surface area contributed by atoms with Crippen LogP contribution in [-0.2, 0) is 14.3 Å². The van der Waals surface area contributed by atoms with Crippen molar-refractivity contribution < 1.29 is 28.6 Å². The Labute approximate surface area is 172 Å². The van der Waals surface area contributed by atoms with Gasteiger partial charge in [0.2, 0.25) is 5.75 Å². The molecule has 3 atom stereocenters. The quantitative estimate of drug-likeness (QED) is 0.453. The van der Waals surface area contributed by atoms with E-state index in [9.17, 15) is 14.4 Å². The van der Waals surface area contributed by atoms with Gasteiger partial charge in [-0.1, -0.05) is 39.5 Å². The lowest BCUT2D eigenvalue weighted by Crippen LogP contribution is -2.30. The minimum atomic E-state index is -0.640. The Morgan fingerprint density at radius 1 is 1.17 bits per heavy atom. The largest absolute Gasteiger partial charge is 0.493 e. The fraction of sp³-hybridized carbons (Fsp3) is 0.636. The molecule has 1 aliphatic carbocycles. The van der Waals surface area contributed by atoms with E-state index in [2.05, 4.69) is 11.9 Å². The Balaban J connectivity index is 2.02. The molecule has 1 saturated carbocycles. The van der Waals surface area contributed by atoms with Gasteiger partial charge in [-0.15, -0.1) is 0 Å². The second-order valence-electron chi connectivity index (χ2n) is 7.86. The zero-order chi connectivity index (χ0) is 21.6. The third-order valence-corrected chi connectivity index (χ3v) is 5.68. The van der Waals surface area contributed by atoms with Gasteiger partial charge in [0.1, 0.15) is 6.10 Å². The summed E-state index contributed by atoms with van der Waals surface area (Å²) in [6, 6.07) is 1.50. The molecule has 0 saturated heterocycles. The normalized spacial score (nSPS) is 17.3. The number of carbonyl (C=O) groups is 3. The van der Waals surface area contributed by atoms with E-state index in [1.54, 1.807) is 6.92 Å². The van der Waals surface area contributed by atoms with Crippen LogP contribution in [0, 0.1) is 17.8 Å². The van der Waals surface area contributed by atoms with Crippen LogP contribution in [0.3, 0.4) is 0 Å². The van der Waals surface area contributed by atoms with E-state index in [-0.39, 0.29) is 29.7 Å². The summed E-state index contributed by atoms with van der Waals surface area (Å²) in [5, 5.41) is 0. The van der Waals surface area contributed by atoms with Gasteiger partial charge in [-0.3, -0.25) is 14.4 Å². The molecular formula is C22H31NO6. The molecular weight excluding hydrogens is 374 g/mol. The molecule has 1 aromatic rings. The first-order chi connectivity index (χ1) is 13.7. The van der Waals surface area contributed by atoms with Gasteiger partial charge < -0.3 is 14.2 Å². The highest BCUT2D eigenvalue weighted by Gasteiger charge is 2.30. The topological polar surface area (TPSA) is 91.8 Å². The van der Waals surface area contributed by atoms with Crippen molar-refractivity contribution in [2.75, 3.05) is 7.11 Å². The van der Waals surface area contributed by atoms with Gasteiger partial charge in [0.15, 0.2) is 17.2 Å². The van der Waals surface area contributed by atoms with Crippen LogP contribution >= 0.6 is 0 Å². The summed E-state index contributed by atoms with van der Waals surface area (Å²) in [6.45, 7) is 6.92. The number of methoxy groups -OCH3 is 1. The van der Waals surface area contributed by atoms with E-state index in [0.29, 0.717) is 11.8 Å². The van der Waals surface area contributed by atoms with Crippen molar-refractivity contribution in [1.82, 2.24) is 4.98 Å². The van der Waals surface area contributed by atoms with Crippen molar-refractivity contribution in [2.45, 2.75) is 65.9 Å². The highest BCUT2D eigenvalue weighted by atomic mass is 16.6. The highest BCUT2D eigenvalue weighted by molar-refractivity contribution is 5.99. The summed E-state index contributed by atoms with van der Waals surface area (Å²) in [5.74, 6) is -0.980. The fourth-order valence-corrected chi connectivity index (χ4v) is 3.76. The molecule has 0 spiro atoms. The second-order valence-corrected chi connectivity index (χ2v) is 7.86. The molecule has 1 heterocycles. The smallest absolute Gasteiger partial charge is 0.309 e. The van der Waals surface area contributed by atoms with Gasteiger partial charge in [-0.25, -0.2) is 4.98 Å².